The summed E-state index contributed by atoms with van der Waals surface area (Å²) < 4.78 is 1.84. The van der Waals surface area contributed by atoms with Gasteiger partial charge in [-0.3, -0.25) is 4.79 Å². The summed E-state index contributed by atoms with van der Waals surface area (Å²) in [7, 11) is 0. The molecular weight excluding hydrogens is 381 g/mol. The van der Waals surface area contributed by atoms with Crippen molar-refractivity contribution in [3.63, 3.8) is 0 Å². The molecule has 3 rings (SSSR count). The molecule has 3 aromatic rings. The molecule has 0 bridgehead atoms. The maximum Gasteiger partial charge on any atom is 0.228 e. The van der Waals surface area contributed by atoms with E-state index in [1.54, 1.807) is 12.3 Å². The van der Waals surface area contributed by atoms with Crippen LogP contribution in [-0.4, -0.2) is 33.3 Å². The Morgan fingerprint density at radius 1 is 1.19 bits per heavy atom. The monoisotopic (exact) mass is 402 g/mol. The molecule has 0 saturated heterocycles. The number of pyridine rings is 1. The molecule has 4 nitrogen and oxygen atoms in total. The molecule has 2 aromatic heterocycles. The molecule has 1 aromatic carbocycles. The Hall–Kier alpha value is -2.04. The van der Waals surface area contributed by atoms with E-state index in [-0.39, 0.29) is 12.3 Å². The molecule has 0 unspecified atom stereocenters. The fourth-order valence-corrected chi connectivity index (χ4v) is 3.73. The summed E-state index contributed by atoms with van der Waals surface area (Å²) >= 11 is 12.6. The zero-order valence-corrected chi connectivity index (χ0v) is 17.0. The zero-order valence-electron chi connectivity index (χ0n) is 15.5. The lowest BCUT2D eigenvalue weighted by Gasteiger charge is -2.21. The van der Waals surface area contributed by atoms with Gasteiger partial charge in [0.1, 0.15) is 0 Å². The lowest BCUT2D eigenvalue weighted by atomic mass is 10.1. The average molecular weight is 403 g/mol. The molecule has 1 radical (unpaired) electrons. The molecule has 0 aliphatic heterocycles. The van der Waals surface area contributed by atoms with Crippen molar-refractivity contribution < 1.29 is 4.79 Å². The molecule has 0 fully saturated rings. The predicted octanol–water partition coefficient (Wildman–Crippen LogP) is 5.30. The van der Waals surface area contributed by atoms with Gasteiger partial charge < -0.3 is 9.30 Å². The summed E-state index contributed by atoms with van der Waals surface area (Å²) in [6.07, 6.45) is 3.86. The quantitative estimate of drug-likeness (QED) is 0.537. The molecule has 2 heterocycles. The Morgan fingerprint density at radius 3 is 2.48 bits per heavy atom. The smallest absolute Gasteiger partial charge is 0.228 e. The van der Waals surface area contributed by atoms with Gasteiger partial charge in [-0.15, -0.1) is 0 Å². The molecule has 1 amide bonds. The first-order chi connectivity index (χ1) is 13.0. The first-order valence-corrected chi connectivity index (χ1v) is 9.91. The van der Waals surface area contributed by atoms with Gasteiger partial charge in [0.05, 0.1) is 27.9 Å². The number of carbonyl (C=O) groups excluding carboxylic acids is 1. The summed E-state index contributed by atoms with van der Waals surface area (Å²) in [6.45, 7) is 5.66. The van der Waals surface area contributed by atoms with Crippen molar-refractivity contribution in [1.29, 1.82) is 0 Å². The lowest BCUT2D eigenvalue weighted by Crippen LogP contribution is -2.34. The van der Waals surface area contributed by atoms with E-state index in [0.717, 1.165) is 42.9 Å². The van der Waals surface area contributed by atoms with E-state index in [1.807, 2.05) is 33.6 Å². The van der Waals surface area contributed by atoms with E-state index in [4.69, 9.17) is 28.2 Å². The number of hydrogen-bond donors (Lipinski definition) is 0. The maximum atomic E-state index is 13.0. The van der Waals surface area contributed by atoms with Gasteiger partial charge in [0.15, 0.2) is 5.65 Å². The van der Waals surface area contributed by atoms with Crippen molar-refractivity contribution in [1.82, 2.24) is 14.3 Å². The SMILES string of the molecule is CCCN(CCC)C(=O)Cc1c(-c2cc[c]cc2)nc2c(Cl)cc(Cl)cn12. The summed E-state index contributed by atoms with van der Waals surface area (Å²) in [5.41, 5.74) is 3.06. The lowest BCUT2D eigenvalue weighted by molar-refractivity contribution is -0.130. The highest BCUT2D eigenvalue weighted by Gasteiger charge is 2.21. The molecule has 6 heteroatoms. The Balaban J connectivity index is 2.10. The first-order valence-electron chi connectivity index (χ1n) is 9.15. The first kappa shape index (κ1) is 19.7. The van der Waals surface area contributed by atoms with Crippen LogP contribution < -0.4 is 0 Å². The van der Waals surface area contributed by atoms with Crippen molar-refractivity contribution in [3.8, 4) is 11.3 Å². The van der Waals surface area contributed by atoms with E-state index in [1.165, 1.54) is 0 Å². The predicted molar refractivity (Wildman–Crippen MR) is 110 cm³/mol. The average Bonchev–Trinajstić information content (AvgIpc) is 3.01. The Kier molecular flexibility index (Phi) is 6.40. The van der Waals surface area contributed by atoms with Crippen LogP contribution in [0.4, 0.5) is 0 Å². The number of nitrogens with zero attached hydrogens (tertiary/aromatic N) is 3. The third kappa shape index (κ3) is 4.28. The van der Waals surface area contributed by atoms with Crippen LogP contribution in [0, 0.1) is 6.07 Å². The van der Waals surface area contributed by atoms with E-state index in [2.05, 4.69) is 19.9 Å². The fourth-order valence-electron chi connectivity index (χ4n) is 3.22. The van der Waals surface area contributed by atoms with Crippen LogP contribution in [0.2, 0.25) is 10.0 Å². The molecule has 141 valence electrons. The van der Waals surface area contributed by atoms with Gasteiger partial charge in [-0.2, -0.15) is 0 Å². The van der Waals surface area contributed by atoms with Gasteiger partial charge in [-0.05, 0) is 25.0 Å². The highest BCUT2D eigenvalue weighted by Crippen LogP contribution is 2.30. The molecule has 0 saturated carbocycles. The van der Waals surface area contributed by atoms with Crippen LogP contribution in [0.3, 0.4) is 0 Å². The number of carbonyl (C=O) groups is 1. The van der Waals surface area contributed by atoms with Gasteiger partial charge in [0.25, 0.3) is 0 Å². The minimum absolute atomic E-state index is 0.0836. The van der Waals surface area contributed by atoms with Gasteiger partial charge >= 0.3 is 0 Å². The third-order valence-corrected chi connectivity index (χ3v) is 4.88. The van der Waals surface area contributed by atoms with Gasteiger partial charge in [-0.1, -0.05) is 61.3 Å². The molecule has 0 aliphatic carbocycles. The topological polar surface area (TPSA) is 37.6 Å². The van der Waals surface area contributed by atoms with E-state index in [9.17, 15) is 4.79 Å². The zero-order chi connectivity index (χ0) is 19.4. The Morgan fingerprint density at radius 2 is 1.85 bits per heavy atom. The number of hydrogen-bond acceptors (Lipinski definition) is 2. The third-order valence-electron chi connectivity index (χ3n) is 4.39. The summed E-state index contributed by atoms with van der Waals surface area (Å²) in [6, 6.07) is 12.2. The molecule has 0 aliphatic rings. The normalized spacial score (nSPS) is 11.1. The van der Waals surface area contributed by atoms with Gasteiger partial charge in [0, 0.05) is 24.8 Å². The van der Waals surface area contributed by atoms with E-state index >= 15 is 0 Å². The molecule has 0 spiro atoms. The summed E-state index contributed by atoms with van der Waals surface area (Å²) in [5, 5.41) is 0.967. The number of aromatic nitrogens is 2. The largest absolute Gasteiger partial charge is 0.342 e. The summed E-state index contributed by atoms with van der Waals surface area (Å²) in [4.78, 5) is 19.6. The summed E-state index contributed by atoms with van der Waals surface area (Å²) in [5.74, 6) is 0.0836. The van der Waals surface area contributed by atoms with Gasteiger partial charge in [-0.25, -0.2) is 4.98 Å². The van der Waals surface area contributed by atoms with E-state index in [0.29, 0.717) is 15.7 Å². The number of rotatable bonds is 7. The molecule has 27 heavy (non-hydrogen) atoms. The standard InChI is InChI=1S/C21H22Cl2N3O/c1-3-10-25(11-4-2)19(27)13-18-20(15-8-6-5-7-9-15)24-21-17(23)12-16(22)14-26(18)21/h6-9,12,14H,3-4,10-11,13H2,1-2H3. The number of imidazole rings is 1. The Labute approximate surface area is 169 Å². The molecule has 0 atom stereocenters. The van der Waals surface area contributed by atoms with Crippen molar-refractivity contribution in [2.24, 2.45) is 0 Å². The second kappa shape index (κ2) is 8.77. The second-order valence-corrected chi connectivity index (χ2v) is 7.30. The van der Waals surface area contributed by atoms with E-state index < -0.39 is 0 Å². The van der Waals surface area contributed by atoms with Crippen molar-refractivity contribution in [2.45, 2.75) is 33.1 Å². The van der Waals surface area contributed by atoms with Crippen molar-refractivity contribution >= 4 is 34.8 Å². The number of fused-ring (bicyclic) bond motifs is 1. The number of halogens is 2. The minimum atomic E-state index is 0.0836. The minimum Gasteiger partial charge on any atom is -0.342 e. The highest BCUT2D eigenvalue weighted by atomic mass is 35.5. The van der Waals surface area contributed by atoms with Crippen LogP contribution in [0.15, 0.2) is 36.5 Å². The van der Waals surface area contributed by atoms with Crippen LogP contribution in [-0.2, 0) is 11.2 Å². The second-order valence-electron chi connectivity index (χ2n) is 6.45. The number of amides is 1. The molecular formula is C21H22Cl2N3O. The molecule has 0 N–H and O–H groups in total. The Bertz CT molecular complexity index is 931. The van der Waals surface area contributed by atoms with Crippen molar-refractivity contribution in [2.75, 3.05) is 13.1 Å². The van der Waals surface area contributed by atoms with Gasteiger partial charge in [0.2, 0.25) is 5.91 Å². The van der Waals surface area contributed by atoms with Crippen LogP contribution in [0.1, 0.15) is 32.4 Å². The van der Waals surface area contributed by atoms with Crippen molar-refractivity contribution in [3.05, 3.63) is 58.3 Å². The fraction of sp³-hybridized carbons (Fsp3) is 0.333. The highest BCUT2D eigenvalue weighted by molar-refractivity contribution is 6.36. The van der Waals surface area contributed by atoms with Crippen LogP contribution >= 0.6 is 23.2 Å². The number of benzene rings is 1. The van der Waals surface area contributed by atoms with Crippen LogP contribution in [0.25, 0.3) is 16.9 Å². The maximum absolute atomic E-state index is 13.0. The van der Waals surface area contributed by atoms with Crippen LogP contribution in [0.5, 0.6) is 0 Å².